The molecule has 3 aliphatic heterocycles. The Morgan fingerprint density at radius 3 is 3.00 bits per heavy atom. The molecule has 3 atom stereocenters. The van der Waals surface area contributed by atoms with Gasteiger partial charge in [-0.1, -0.05) is 0 Å². The number of hydrogen-bond donors (Lipinski definition) is 3. The third-order valence-electron chi connectivity index (χ3n) is 4.36. The summed E-state index contributed by atoms with van der Waals surface area (Å²) in [6.07, 6.45) is 3.63. The Hall–Kier alpha value is -0.990. The summed E-state index contributed by atoms with van der Waals surface area (Å²) in [5, 5.41) is 7.65. The van der Waals surface area contributed by atoms with E-state index in [-0.39, 0.29) is 30.1 Å². The fourth-order valence-electron chi connectivity index (χ4n) is 3.29. The number of rotatable bonds is 3. The lowest BCUT2D eigenvalue weighted by molar-refractivity contribution is -0.127. The summed E-state index contributed by atoms with van der Waals surface area (Å²) in [6.45, 7) is 2.49. The van der Waals surface area contributed by atoms with Crippen LogP contribution in [0.15, 0.2) is 0 Å². The molecule has 3 fully saturated rings. The van der Waals surface area contributed by atoms with Crippen LogP contribution >= 0.6 is 12.9 Å². The molecule has 7 nitrogen and oxygen atoms in total. The number of fused-ring (bicyclic) bond motifs is 2. The van der Waals surface area contributed by atoms with Crippen LogP contribution in [-0.4, -0.2) is 59.7 Å². The summed E-state index contributed by atoms with van der Waals surface area (Å²) in [5.41, 5.74) is 0. The molecular formula is C12H20N4O3S. The largest absolute Gasteiger partial charge is 0.352 e. The molecule has 2 bridgehead atoms. The predicted molar refractivity (Wildman–Crippen MR) is 74.9 cm³/mol. The molecular weight excluding hydrogens is 280 g/mol. The van der Waals surface area contributed by atoms with Gasteiger partial charge in [-0.2, -0.15) is 5.06 Å². The van der Waals surface area contributed by atoms with Crippen LogP contribution < -0.4 is 10.6 Å². The van der Waals surface area contributed by atoms with Gasteiger partial charge in [0.1, 0.15) is 6.04 Å². The fourth-order valence-corrected chi connectivity index (χ4v) is 3.49. The highest BCUT2D eigenvalue weighted by Gasteiger charge is 2.52. The number of carbonyl (C=O) groups excluding carboxylic acids is 2. The van der Waals surface area contributed by atoms with Gasteiger partial charge in [-0.15, -0.1) is 0 Å². The van der Waals surface area contributed by atoms with E-state index in [2.05, 4.69) is 23.5 Å². The Balaban J connectivity index is 1.58. The quantitative estimate of drug-likeness (QED) is 0.503. The standard InChI is InChI=1S/C12H20N4O3S/c17-11(14-8-2-1-4-13-5-3-8)10-6-9-7-15(10)12(18)16(9)19-20/h8-10,13,20H,1-7H2,(H,14,17)/t8-,9+,10-/m0/s1. The molecule has 0 aromatic carbocycles. The van der Waals surface area contributed by atoms with Crippen LogP contribution in [0.1, 0.15) is 25.7 Å². The van der Waals surface area contributed by atoms with E-state index in [1.54, 1.807) is 4.90 Å². The van der Waals surface area contributed by atoms with Gasteiger partial charge in [0, 0.05) is 31.9 Å². The van der Waals surface area contributed by atoms with E-state index in [4.69, 9.17) is 4.28 Å². The molecule has 112 valence electrons. The molecule has 0 aromatic rings. The Morgan fingerprint density at radius 1 is 1.40 bits per heavy atom. The zero-order valence-electron chi connectivity index (χ0n) is 11.2. The number of hydrogen-bond acceptors (Lipinski definition) is 5. The minimum absolute atomic E-state index is 0.0356. The number of nitrogens with zero attached hydrogens (tertiary/aromatic N) is 2. The number of amides is 3. The maximum atomic E-state index is 12.4. The van der Waals surface area contributed by atoms with E-state index in [0.717, 1.165) is 32.4 Å². The summed E-state index contributed by atoms with van der Waals surface area (Å²) in [4.78, 5) is 25.9. The molecule has 2 N–H and O–H groups in total. The maximum Gasteiger partial charge on any atom is 0.345 e. The Kier molecular flexibility index (Phi) is 4.04. The monoisotopic (exact) mass is 300 g/mol. The highest BCUT2D eigenvalue weighted by molar-refractivity contribution is 7.75. The molecule has 0 spiro atoms. The number of thiol groups is 1. The summed E-state index contributed by atoms with van der Waals surface area (Å²) < 4.78 is 4.75. The molecule has 0 aromatic heterocycles. The first-order valence-electron chi connectivity index (χ1n) is 7.13. The minimum atomic E-state index is -0.358. The van der Waals surface area contributed by atoms with Gasteiger partial charge in [-0.3, -0.25) is 4.79 Å². The first kappa shape index (κ1) is 14.0. The Morgan fingerprint density at radius 2 is 2.25 bits per heavy atom. The van der Waals surface area contributed by atoms with Crippen molar-refractivity contribution in [3.63, 3.8) is 0 Å². The lowest BCUT2D eigenvalue weighted by atomic mass is 10.1. The number of hydroxylamine groups is 2. The average Bonchev–Trinajstić information content (AvgIpc) is 2.88. The van der Waals surface area contributed by atoms with E-state index in [0.29, 0.717) is 13.0 Å². The van der Waals surface area contributed by atoms with Gasteiger partial charge in [-0.25, -0.2) is 9.08 Å². The molecule has 0 unspecified atom stereocenters. The maximum absolute atomic E-state index is 12.4. The molecule has 8 heteroatoms. The topological polar surface area (TPSA) is 73.9 Å². The van der Waals surface area contributed by atoms with Crippen molar-refractivity contribution in [3.8, 4) is 0 Å². The van der Waals surface area contributed by atoms with Gasteiger partial charge in [0.15, 0.2) is 0 Å². The first-order chi connectivity index (χ1) is 9.70. The summed E-state index contributed by atoms with van der Waals surface area (Å²) in [6, 6.07) is -0.473. The van der Waals surface area contributed by atoms with Gasteiger partial charge in [-0.05, 0) is 32.4 Å². The third kappa shape index (κ3) is 2.47. The molecule has 3 amide bonds. The van der Waals surface area contributed by atoms with E-state index < -0.39 is 0 Å². The second-order valence-electron chi connectivity index (χ2n) is 5.63. The van der Waals surface area contributed by atoms with E-state index >= 15 is 0 Å². The summed E-state index contributed by atoms with van der Waals surface area (Å²) in [7, 11) is 0. The van der Waals surface area contributed by atoms with Gasteiger partial charge >= 0.3 is 6.03 Å². The highest BCUT2D eigenvalue weighted by atomic mass is 32.1. The van der Waals surface area contributed by atoms with Crippen molar-refractivity contribution in [2.45, 2.75) is 43.8 Å². The normalized spacial score (nSPS) is 33.5. The van der Waals surface area contributed by atoms with Crippen molar-refractivity contribution in [1.82, 2.24) is 20.6 Å². The first-order valence-corrected chi connectivity index (χ1v) is 7.49. The summed E-state index contributed by atoms with van der Waals surface area (Å²) >= 11 is 3.68. The third-order valence-corrected chi connectivity index (χ3v) is 4.53. The number of carbonyl (C=O) groups is 2. The van der Waals surface area contributed by atoms with Crippen molar-refractivity contribution in [2.24, 2.45) is 0 Å². The zero-order valence-corrected chi connectivity index (χ0v) is 12.1. The SMILES string of the molecule is O=C(N[C@H]1CCCNCC1)[C@@H]1C[C@@H]2CN1C(=O)N2OS. The van der Waals surface area contributed by atoms with Crippen LogP contribution in [-0.2, 0) is 9.08 Å². The van der Waals surface area contributed by atoms with Crippen LogP contribution in [0.3, 0.4) is 0 Å². The van der Waals surface area contributed by atoms with Crippen LogP contribution in [0.4, 0.5) is 4.79 Å². The predicted octanol–water partition coefficient (Wildman–Crippen LogP) is -0.100. The van der Waals surface area contributed by atoms with Gasteiger partial charge in [0.05, 0.1) is 6.04 Å². The Labute approximate surface area is 123 Å². The van der Waals surface area contributed by atoms with Crippen molar-refractivity contribution < 1.29 is 13.9 Å². The highest BCUT2D eigenvalue weighted by Crippen LogP contribution is 2.32. The van der Waals surface area contributed by atoms with Crippen LogP contribution in [0, 0.1) is 0 Å². The number of urea groups is 1. The Bertz CT molecular complexity index is 400. The van der Waals surface area contributed by atoms with Crippen LogP contribution in [0.25, 0.3) is 0 Å². The van der Waals surface area contributed by atoms with Crippen LogP contribution in [0.2, 0.25) is 0 Å². The van der Waals surface area contributed by atoms with Crippen molar-refractivity contribution in [1.29, 1.82) is 0 Å². The molecule has 3 heterocycles. The molecule has 0 aliphatic carbocycles. The van der Waals surface area contributed by atoms with E-state index in [9.17, 15) is 9.59 Å². The van der Waals surface area contributed by atoms with Crippen molar-refractivity contribution in [3.05, 3.63) is 0 Å². The van der Waals surface area contributed by atoms with Gasteiger partial charge in [0.25, 0.3) is 0 Å². The lowest BCUT2D eigenvalue weighted by Gasteiger charge is -2.30. The van der Waals surface area contributed by atoms with Gasteiger partial charge < -0.3 is 15.5 Å². The summed E-state index contributed by atoms with van der Waals surface area (Å²) in [5.74, 6) is -0.0356. The fraction of sp³-hybridized carbons (Fsp3) is 0.833. The van der Waals surface area contributed by atoms with Gasteiger partial charge in [0.2, 0.25) is 5.91 Å². The second kappa shape index (κ2) is 5.79. The zero-order chi connectivity index (χ0) is 14.1. The van der Waals surface area contributed by atoms with E-state index in [1.807, 2.05) is 0 Å². The molecule has 20 heavy (non-hydrogen) atoms. The van der Waals surface area contributed by atoms with Crippen molar-refractivity contribution >= 4 is 24.8 Å². The average molecular weight is 300 g/mol. The van der Waals surface area contributed by atoms with Crippen molar-refractivity contribution in [2.75, 3.05) is 19.6 Å². The number of nitrogens with one attached hydrogen (secondary N) is 2. The molecule has 0 radical (unpaired) electrons. The molecule has 0 saturated carbocycles. The smallest absolute Gasteiger partial charge is 0.345 e. The van der Waals surface area contributed by atoms with Crippen LogP contribution in [0.5, 0.6) is 0 Å². The van der Waals surface area contributed by atoms with E-state index in [1.165, 1.54) is 5.06 Å². The minimum Gasteiger partial charge on any atom is -0.352 e. The molecule has 3 rings (SSSR count). The lowest BCUT2D eigenvalue weighted by Crippen LogP contribution is -2.52. The second-order valence-corrected chi connectivity index (χ2v) is 5.80. The molecule has 3 aliphatic rings. The molecule has 3 saturated heterocycles.